The largest absolute Gasteiger partial charge is 0.459 e. The maximum Gasteiger partial charge on any atom is 0.338 e. The highest BCUT2D eigenvalue weighted by Crippen LogP contribution is 2.30. The lowest BCUT2D eigenvalue weighted by Crippen LogP contribution is -2.42. The Hall–Kier alpha value is -4.50. The Kier molecular flexibility index (Phi) is 8.27. The minimum absolute atomic E-state index is 0.233. The van der Waals surface area contributed by atoms with E-state index in [9.17, 15) is 19.2 Å². The van der Waals surface area contributed by atoms with Gasteiger partial charge in [0.15, 0.2) is 6.10 Å². The van der Waals surface area contributed by atoms with Gasteiger partial charge in [-0.3, -0.25) is 4.79 Å². The van der Waals surface area contributed by atoms with Crippen LogP contribution in [-0.2, 0) is 28.5 Å². The molecule has 0 amide bonds. The second kappa shape index (κ2) is 12.0. The van der Waals surface area contributed by atoms with Crippen LogP contribution in [0.1, 0.15) is 38.0 Å². The maximum atomic E-state index is 12.9. The lowest BCUT2D eigenvalue weighted by molar-refractivity contribution is -0.187. The van der Waals surface area contributed by atoms with Gasteiger partial charge in [-0.2, -0.15) is 0 Å². The molecule has 1 aliphatic rings. The van der Waals surface area contributed by atoms with Gasteiger partial charge in [0.05, 0.1) is 16.7 Å². The summed E-state index contributed by atoms with van der Waals surface area (Å²) in [6.45, 7) is 0.796. The molecule has 1 heterocycles. The van der Waals surface area contributed by atoms with Crippen LogP contribution < -0.4 is 0 Å². The first-order chi connectivity index (χ1) is 17.9. The lowest BCUT2D eigenvalue weighted by atomic mass is 10.1. The normalized spacial score (nSPS) is 20.5. The van der Waals surface area contributed by atoms with Gasteiger partial charge >= 0.3 is 23.9 Å². The third-order valence-electron chi connectivity index (χ3n) is 5.44. The molecule has 4 atom stereocenters. The van der Waals surface area contributed by atoms with Crippen LogP contribution in [-0.4, -0.2) is 55.1 Å². The fourth-order valence-electron chi connectivity index (χ4n) is 3.70. The van der Waals surface area contributed by atoms with Crippen molar-refractivity contribution in [1.29, 1.82) is 0 Å². The number of benzene rings is 3. The van der Waals surface area contributed by atoms with Crippen molar-refractivity contribution < 1.29 is 42.9 Å². The summed E-state index contributed by atoms with van der Waals surface area (Å²) >= 11 is 0. The van der Waals surface area contributed by atoms with Gasteiger partial charge < -0.3 is 23.7 Å². The Labute approximate surface area is 212 Å². The summed E-state index contributed by atoms with van der Waals surface area (Å²) in [6, 6.07) is 24.6. The van der Waals surface area contributed by atoms with Crippen molar-refractivity contribution in [2.45, 2.75) is 31.5 Å². The van der Waals surface area contributed by atoms with Gasteiger partial charge in [0, 0.05) is 6.92 Å². The zero-order valence-electron chi connectivity index (χ0n) is 19.9. The standard InChI is InChI=1S/C28H24O9/c1-18(29)34-28-24(37-27(32)21-15-9-4-10-16-21)23(36-26(31)20-13-7-3-8-14-20)22(35-28)17-33-25(30)19-11-5-2-6-12-19/h2-16,22-24,28H,17H2,1H3/t22-,23?,24+,28-/m1/s1. The van der Waals surface area contributed by atoms with Gasteiger partial charge in [-0.25, -0.2) is 14.4 Å². The second-order valence-corrected chi connectivity index (χ2v) is 8.09. The smallest absolute Gasteiger partial charge is 0.338 e. The highest BCUT2D eigenvalue weighted by atomic mass is 16.8. The SMILES string of the molecule is CC(=O)O[C@@H]1O[C@H](COC(=O)c2ccccc2)C(OC(=O)c2ccccc2)[C@@H]1OC(=O)c1ccccc1. The van der Waals surface area contributed by atoms with Gasteiger partial charge in [0.2, 0.25) is 12.4 Å². The molecule has 1 aliphatic heterocycles. The van der Waals surface area contributed by atoms with Gasteiger partial charge in [-0.15, -0.1) is 0 Å². The van der Waals surface area contributed by atoms with Crippen LogP contribution in [0.5, 0.6) is 0 Å². The fourth-order valence-corrected chi connectivity index (χ4v) is 3.70. The van der Waals surface area contributed by atoms with E-state index in [2.05, 4.69) is 0 Å². The average Bonchev–Trinajstić information content (AvgIpc) is 3.23. The first kappa shape index (κ1) is 25.6. The van der Waals surface area contributed by atoms with Gasteiger partial charge in [0.1, 0.15) is 12.7 Å². The zero-order valence-corrected chi connectivity index (χ0v) is 19.9. The van der Waals surface area contributed by atoms with Gasteiger partial charge in [-0.1, -0.05) is 54.6 Å². The van der Waals surface area contributed by atoms with Crippen LogP contribution in [0.4, 0.5) is 0 Å². The molecule has 0 bridgehead atoms. The average molecular weight is 504 g/mol. The zero-order chi connectivity index (χ0) is 26.2. The summed E-state index contributed by atoms with van der Waals surface area (Å²) < 4.78 is 27.7. The van der Waals surface area contributed by atoms with E-state index in [1.807, 2.05) is 0 Å². The van der Waals surface area contributed by atoms with Crippen molar-refractivity contribution in [3.8, 4) is 0 Å². The third-order valence-corrected chi connectivity index (χ3v) is 5.44. The van der Waals surface area contributed by atoms with Crippen molar-refractivity contribution in [3.63, 3.8) is 0 Å². The van der Waals surface area contributed by atoms with Crippen molar-refractivity contribution in [1.82, 2.24) is 0 Å². The van der Waals surface area contributed by atoms with E-state index >= 15 is 0 Å². The Bertz CT molecular complexity index is 1230. The number of ether oxygens (including phenoxy) is 5. The Balaban J connectivity index is 1.58. The van der Waals surface area contributed by atoms with E-state index in [0.29, 0.717) is 5.56 Å². The number of esters is 4. The summed E-state index contributed by atoms with van der Waals surface area (Å²) in [5, 5.41) is 0. The van der Waals surface area contributed by atoms with Crippen molar-refractivity contribution in [3.05, 3.63) is 108 Å². The molecule has 0 spiro atoms. The maximum absolute atomic E-state index is 12.9. The Morgan fingerprint density at radius 3 is 1.51 bits per heavy atom. The first-order valence-electron chi connectivity index (χ1n) is 11.5. The molecule has 1 unspecified atom stereocenters. The number of carbonyl (C=O) groups excluding carboxylic acids is 4. The highest BCUT2D eigenvalue weighted by molar-refractivity contribution is 5.91. The van der Waals surface area contributed by atoms with Crippen LogP contribution in [0, 0.1) is 0 Å². The lowest BCUT2D eigenvalue weighted by Gasteiger charge is -2.24. The first-order valence-corrected chi connectivity index (χ1v) is 11.5. The molecule has 3 aromatic rings. The molecule has 37 heavy (non-hydrogen) atoms. The number of hydrogen-bond donors (Lipinski definition) is 0. The molecule has 0 N–H and O–H groups in total. The molecule has 9 nitrogen and oxygen atoms in total. The molecule has 9 heteroatoms. The van der Waals surface area contributed by atoms with Crippen LogP contribution in [0.2, 0.25) is 0 Å². The molecule has 0 radical (unpaired) electrons. The number of hydrogen-bond acceptors (Lipinski definition) is 9. The molecule has 190 valence electrons. The highest BCUT2D eigenvalue weighted by Gasteiger charge is 2.52. The molecule has 0 aromatic heterocycles. The monoisotopic (exact) mass is 504 g/mol. The molecule has 0 saturated carbocycles. The predicted octanol–water partition coefficient (Wildman–Crippen LogP) is 3.58. The van der Waals surface area contributed by atoms with Gasteiger partial charge in [-0.05, 0) is 36.4 Å². The molecule has 0 aliphatic carbocycles. The van der Waals surface area contributed by atoms with Gasteiger partial charge in [0.25, 0.3) is 0 Å². The predicted molar refractivity (Wildman–Crippen MR) is 128 cm³/mol. The topological polar surface area (TPSA) is 114 Å². The third kappa shape index (κ3) is 6.59. The van der Waals surface area contributed by atoms with Crippen LogP contribution in [0.25, 0.3) is 0 Å². The number of rotatable bonds is 8. The summed E-state index contributed by atoms with van der Waals surface area (Å²) in [5.74, 6) is -2.81. The number of carbonyl (C=O) groups is 4. The van der Waals surface area contributed by atoms with Crippen LogP contribution >= 0.6 is 0 Å². The van der Waals surface area contributed by atoms with E-state index in [0.717, 1.165) is 6.92 Å². The van der Waals surface area contributed by atoms with E-state index < -0.39 is 48.5 Å². The summed E-state index contributed by atoms with van der Waals surface area (Å²) in [7, 11) is 0. The van der Waals surface area contributed by atoms with E-state index in [1.54, 1.807) is 91.0 Å². The Morgan fingerprint density at radius 2 is 1.05 bits per heavy atom. The van der Waals surface area contributed by atoms with Crippen molar-refractivity contribution in [2.24, 2.45) is 0 Å². The minimum atomic E-state index is -1.40. The second-order valence-electron chi connectivity index (χ2n) is 8.09. The molecule has 1 saturated heterocycles. The molecule has 3 aromatic carbocycles. The summed E-state index contributed by atoms with van der Waals surface area (Å²) in [4.78, 5) is 50.0. The quantitative estimate of drug-likeness (QED) is 0.335. The van der Waals surface area contributed by atoms with E-state index in [1.165, 1.54) is 0 Å². The minimum Gasteiger partial charge on any atom is -0.459 e. The molecule has 4 rings (SSSR count). The van der Waals surface area contributed by atoms with Crippen molar-refractivity contribution in [2.75, 3.05) is 6.61 Å². The van der Waals surface area contributed by atoms with E-state index in [4.69, 9.17) is 23.7 Å². The molecular weight excluding hydrogens is 480 g/mol. The fraction of sp³-hybridized carbons (Fsp3) is 0.214. The molecule has 1 fully saturated rings. The van der Waals surface area contributed by atoms with Crippen LogP contribution in [0.3, 0.4) is 0 Å². The summed E-state index contributed by atoms with van der Waals surface area (Å²) in [6.07, 6.45) is -5.09. The Morgan fingerprint density at radius 1 is 0.622 bits per heavy atom. The van der Waals surface area contributed by atoms with E-state index in [-0.39, 0.29) is 17.7 Å². The summed E-state index contributed by atoms with van der Waals surface area (Å²) in [5.41, 5.74) is 0.782. The van der Waals surface area contributed by atoms with Crippen LogP contribution in [0.15, 0.2) is 91.0 Å². The van der Waals surface area contributed by atoms with Crippen molar-refractivity contribution >= 4 is 23.9 Å². The molecular formula is C28H24O9.